The summed E-state index contributed by atoms with van der Waals surface area (Å²) in [6.45, 7) is 5.33. The molecule has 0 saturated carbocycles. The molecule has 0 aromatic carbocycles. The number of ether oxygens (including phenoxy) is 2. The second-order valence-corrected chi connectivity index (χ2v) is 18.3. The topological polar surface area (TPSA) is 55.8 Å². The van der Waals surface area contributed by atoms with Gasteiger partial charge in [-0.25, -0.2) is 0 Å². The molecule has 4 nitrogen and oxygen atoms in total. The maximum atomic E-state index is 12.3. The first-order valence-corrected chi connectivity index (χ1v) is 27.5. The number of aliphatic hydroxyl groups excluding tert-OH is 1. The van der Waals surface area contributed by atoms with Crippen LogP contribution in [0.3, 0.4) is 0 Å². The van der Waals surface area contributed by atoms with Crippen LogP contribution in [0.2, 0.25) is 0 Å². The van der Waals surface area contributed by atoms with Gasteiger partial charge in [0.15, 0.2) is 0 Å². The van der Waals surface area contributed by atoms with Gasteiger partial charge in [-0.15, -0.1) is 0 Å². The van der Waals surface area contributed by atoms with Gasteiger partial charge in [-0.3, -0.25) is 4.79 Å². The van der Waals surface area contributed by atoms with Crippen LogP contribution in [0.4, 0.5) is 0 Å². The summed E-state index contributed by atoms with van der Waals surface area (Å²) < 4.78 is 11.2. The van der Waals surface area contributed by atoms with E-state index in [1.165, 1.54) is 205 Å². The monoisotopic (exact) mass is 879 g/mol. The minimum absolute atomic E-state index is 0.176. The van der Waals surface area contributed by atoms with Crippen molar-refractivity contribution in [3.63, 3.8) is 0 Å². The Hall–Kier alpha value is -2.17. The van der Waals surface area contributed by atoms with Crippen molar-refractivity contribution in [1.82, 2.24) is 0 Å². The summed E-state index contributed by atoms with van der Waals surface area (Å²) in [6, 6.07) is 0. The average molecular weight is 879 g/mol. The summed E-state index contributed by atoms with van der Waals surface area (Å²) >= 11 is 0. The Morgan fingerprint density at radius 1 is 0.381 bits per heavy atom. The van der Waals surface area contributed by atoms with Gasteiger partial charge in [-0.05, 0) is 89.9 Å². The number of hydrogen-bond acceptors (Lipinski definition) is 4. The van der Waals surface area contributed by atoms with Gasteiger partial charge >= 0.3 is 5.97 Å². The molecular weight excluding hydrogens is 773 g/mol. The van der Waals surface area contributed by atoms with Crippen molar-refractivity contribution in [2.24, 2.45) is 0 Å². The number of esters is 1. The molecule has 1 atom stereocenters. The number of hydrogen-bond donors (Lipinski definition) is 1. The van der Waals surface area contributed by atoms with Gasteiger partial charge < -0.3 is 14.6 Å². The zero-order valence-electron chi connectivity index (χ0n) is 42.1. The third-order valence-corrected chi connectivity index (χ3v) is 12.0. The second-order valence-electron chi connectivity index (χ2n) is 18.3. The van der Waals surface area contributed by atoms with Gasteiger partial charge in [-0.1, -0.05) is 247 Å². The number of carbonyl (C=O) groups excluding carboxylic acids is 1. The van der Waals surface area contributed by atoms with Crippen LogP contribution in [0, 0.1) is 0 Å². The number of allylic oxidation sites excluding steroid dienone is 12. The fraction of sp³-hybridized carbons (Fsp3) is 0.780. The van der Waals surface area contributed by atoms with E-state index >= 15 is 0 Å². The van der Waals surface area contributed by atoms with Crippen molar-refractivity contribution in [2.75, 3.05) is 19.8 Å². The Kier molecular flexibility index (Phi) is 54.0. The van der Waals surface area contributed by atoms with Crippen molar-refractivity contribution >= 4 is 5.97 Å². The van der Waals surface area contributed by atoms with Crippen LogP contribution < -0.4 is 0 Å². The summed E-state index contributed by atoms with van der Waals surface area (Å²) in [4.78, 5) is 12.3. The first-order chi connectivity index (χ1) is 31.2. The number of aliphatic hydroxyl groups is 1. The predicted molar refractivity (Wildman–Crippen MR) is 279 cm³/mol. The van der Waals surface area contributed by atoms with E-state index in [9.17, 15) is 9.90 Å². The van der Waals surface area contributed by atoms with E-state index in [0.29, 0.717) is 19.6 Å². The summed E-state index contributed by atoms with van der Waals surface area (Å²) in [5.74, 6) is -0.205. The zero-order chi connectivity index (χ0) is 45.5. The zero-order valence-corrected chi connectivity index (χ0v) is 42.1. The Morgan fingerprint density at radius 3 is 1.00 bits per heavy atom. The Morgan fingerprint density at radius 2 is 0.667 bits per heavy atom. The number of unbranched alkanes of at least 4 members (excludes halogenated alkanes) is 31. The van der Waals surface area contributed by atoms with Crippen LogP contribution in [0.1, 0.15) is 271 Å². The van der Waals surface area contributed by atoms with Crippen LogP contribution in [0.15, 0.2) is 72.9 Å². The number of rotatable bonds is 51. The second kappa shape index (κ2) is 56.0. The van der Waals surface area contributed by atoms with E-state index in [1.54, 1.807) is 0 Å². The van der Waals surface area contributed by atoms with Gasteiger partial charge in [0.2, 0.25) is 0 Å². The molecule has 0 amide bonds. The Balaban J connectivity index is 3.44. The average Bonchev–Trinajstić information content (AvgIpc) is 3.29. The van der Waals surface area contributed by atoms with E-state index in [4.69, 9.17) is 9.47 Å². The highest BCUT2D eigenvalue weighted by Gasteiger charge is 2.13. The molecule has 0 spiro atoms. The van der Waals surface area contributed by atoms with Crippen LogP contribution in [0.25, 0.3) is 0 Å². The molecule has 0 radical (unpaired) electrons. The molecule has 0 heterocycles. The molecule has 1 unspecified atom stereocenters. The molecule has 0 rings (SSSR count). The number of carbonyl (C=O) groups is 1. The van der Waals surface area contributed by atoms with Crippen molar-refractivity contribution in [3.8, 4) is 0 Å². The van der Waals surface area contributed by atoms with Crippen molar-refractivity contribution in [3.05, 3.63) is 72.9 Å². The highest BCUT2D eigenvalue weighted by Crippen LogP contribution is 2.15. The fourth-order valence-electron chi connectivity index (χ4n) is 7.87. The normalized spacial score (nSPS) is 12.9. The van der Waals surface area contributed by atoms with Crippen molar-refractivity contribution in [1.29, 1.82) is 0 Å². The standard InChI is InChI=1S/C59H106O4/c1-3-5-7-9-11-13-15-17-19-21-23-25-27-29-31-33-35-37-39-41-43-45-47-49-51-53-55-62-57-58(56-60)63-59(61)54-52-50-48-46-44-42-40-38-36-34-32-30-28-26-24-22-20-18-16-14-12-10-8-6-4-2/h15-18,21-24,27-30,58,60H,3-14,19-20,25-26,31-57H2,1-2H3/b17-15-,18-16-,23-21-,24-22-,29-27-,30-28-. The highest BCUT2D eigenvalue weighted by molar-refractivity contribution is 5.69. The minimum Gasteiger partial charge on any atom is -0.457 e. The molecule has 63 heavy (non-hydrogen) atoms. The molecule has 1 N–H and O–H groups in total. The summed E-state index contributed by atoms with van der Waals surface area (Å²) in [5.41, 5.74) is 0. The quantitative estimate of drug-likeness (QED) is 0.0376. The van der Waals surface area contributed by atoms with Crippen LogP contribution in [0.5, 0.6) is 0 Å². The first kappa shape index (κ1) is 60.8. The van der Waals surface area contributed by atoms with Gasteiger partial charge in [0.05, 0.1) is 13.2 Å². The van der Waals surface area contributed by atoms with E-state index < -0.39 is 6.10 Å². The maximum absolute atomic E-state index is 12.3. The third-order valence-electron chi connectivity index (χ3n) is 12.0. The van der Waals surface area contributed by atoms with Gasteiger partial charge in [0.25, 0.3) is 0 Å². The molecule has 4 heteroatoms. The lowest BCUT2D eigenvalue weighted by molar-refractivity contribution is -0.154. The highest BCUT2D eigenvalue weighted by atomic mass is 16.6. The predicted octanol–water partition coefficient (Wildman–Crippen LogP) is 18.9. The molecule has 0 aromatic rings. The smallest absolute Gasteiger partial charge is 0.306 e. The summed E-state index contributed by atoms with van der Waals surface area (Å²) in [7, 11) is 0. The minimum atomic E-state index is -0.543. The third kappa shape index (κ3) is 54.1. The van der Waals surface area contributed by atoms with Gasteiger partial charge in [0, 0.05) is 13.0 Å². The molecule has 366 valence electrons. The Labute approximate surface area is 393 Å². The van der Waals surface area contributed by atoms with Crippen LogP contribution in [-0.4, -0.2) is 37.0 Å². The van der Waals surface area contributed by atoms with E-state index in [2.05, 4.69) is 86.8 Å². The molecule has 0 bridgehead atoms. The van der Waals surface area contributed by atoms with Crippen molar-refractivity contribution < 1.29 is 19.4 Å². The van der Waals surface area contributed by atoms with Crippen LogP contribution in [-0.2, 0) is 14.3 Å². The molecule has 0 aliphatic rings. The first-order valence-electron chi connectivity index (χ1n) is 27.5. The lowest BCUT2D eigenvalue weighted by Gasteiger charge is -2.16. The van der Waals surface area contributed by atoms with Gasteiger partial charge in [0.1, 0.15) is 6.10 Å². The molecule has 0 saturated heterocycles. The van der Waals surface area contributed by atoms with E-state index in [-0.39, 0.29) is 12.6 Å². The van der Waals surface area contributed by atoms with E-state index in [1.807, 2.05) is 0 Å². The lowest BCUT2D eigenvalue weighted by Crippen LogP contribution is -2.27. The van der Waals surface area contributed by atoms with Crippen LogP contribution >= 0.6 is 0 Å². The fourth-order valence-corrected chi connectivity index (χ4v) is 7.87. The molecule has 0 aliphatic carbocycles. The largest absolute Gasteiger partial charge is 0.457 e. The summed E-state index contributed by atoms with van der Waals surface area (Å²) in [6.07, 6.45) is 77.2. The van der Waals surface area contributed by atoms with Gasteiger partial charge in [-0.2, -0.15) is 0 Å². The van der Waals surface area contributed by atoms with Crippen molar-refractivity contribution in [2.45, 2.75) is 277 Å². The molecular formula is C59H106O4. The summed E-state index contributed by atoms with van der Waals surface area (Å²) in [5, 5.41) is 9.67. The molecule has 0 aromatic heterocycles. The molecule has 0 fully saturated rings. The Bertz CT molecular complexity index is 1070. The van der Waals surface area contributed by atoms with E-state index in [0.717, 1.165) is 44.9 Å². The SMILES string of the molecule is CCCCCCC/C=C\C/C=C\C/C=C\CCCCCCCCCCCCCOCC(CO)OC(=O)CCCCCCCCCCCC/C=C\C/C=C\C/C=C\CCCCCCC. The molecule has 0 aliphatic heterocycles. The lowest BCUT2D eigenvalue weighted by atomic mass is 10.0. The maximum Gasteiger partial charge on any atom is 0.306 e.